The number of halogens is 3. The molecule has 0 saturated carbocycles. The van der Waals surface area contributed by atoms with E-state index >= 15 is 0 Å². The Balaban J connectivity index is 2.35. The van der Waals surface area contributed by atoms with Gasteiger partial charge in [0.2, 0.25) is 10.0 Å². The van der Waals surface area contributed by atoms with E-state index in [0.29, 0.717) is 31.6 Å². The Hall–Kier alpha value is -1.12. The van der Waals surface area contributed by atoms with Gasteiger partial charge in [-0.2, -0.15) is 17.5 Å². The highest BCUT2D eigenvalue weighted by molar-refractivity contribution is 7.89. The van der Waals surface area contributed by atoms with Crippen LogP contribution in [0.1, 0.15) is 24.0 Å². The number of aryl methyl sites for hydroxylation is 1. The minimum absolute atomic E-state index is 0.176. The summed E-state index contributed by atoms with van der Waals surface area (Å²) >= 11 is 0. The van der Waals surface area contributed by atoms with Gasteiger partial charge in [0.25, 0.3) is 0 Å². The number of benzene rings is 1. The number of hydrogen-bond acceptors (Lipinski definition) is 3. The Kier molecular flexibility index (Phi) is 5.37. The molecule has 8 heteroatoms. The second kappa shape index (κ2) is 6.78. The minimum Gasteiger partial charge on any atom is -0.319 e. The summed E-state index contributed by atoms with van der Waals surface area (Å²) in [5.41, 5.74) is -0.612. The van der Waals surface area contributed by atoms with Gasteiger partial charge >= 0.3 is 6.18 Å². The van der Waals surface area contributed by atoms with Crippen molar-refractivity contribution in [3.8, 4) is 0 Å². The van der Waals surface area contributed by atoms with Crippen molar-refractivity contribution in [2.75, 3.05) is 26.7 Å². The number of nitrogens with zero attached hydrogens (tertiary/aromatic N) is 1. The van der Waals surface area contributed by atoms with E-state index in [4.69, 9.17) is 0 Å². The fourth-order valence-corrected chi connectivity index (χ4v) is 4.70. The van der Waals surface area contributed by atoms with E-state index in [-0.39, 0.29) is 10.8 Å². The normalized spacial score (nSPS) is 20.7. The van der Waals surface area contributed by atoms with Crippen LogP contribution in [0.2, 0.25) is 0 Å². The SMILES string of the molecule is CNCC1CCCN(S(=O)(=O)c2cc(C(F)(F)F)ccc2C)C1. The lowest BCUT2D eigenvalue weighted by Crippen LogP contribution is -2.42. The van der Waals surface area contributed by atoms with Crippen LogP contribution in [-0.4, -0.2) is 39.4 Å². The third kappa shape index (κ3) is 4.05. The lowest BCUT2D eigenvalue weighted by atomic mass is 10.00. The van der Waals surface area contributed by atoms with Crippen molar-refractivity contribution in [2.24, 2.45) is 5.92 Å². The maximum Gasteiger partial charge on any atom is 0.416 e. The summed E-state index contributed by atoms with van der Waals surface area (Å²) in [6.45, 7) is 2.88. The van der Waals surface area contributed by atoms with Gasteiger partial charge in [-0.1, -0.05) is 6.07 Å². The Morgan fingerprint density at radius 2 is 2.04 bits per heavy atom. The number of alkyl halides is 3. The number of rotatable bonds is 4. The molecule has 0 spiro atoms. The standard InChI is InChI=1S/C15H21F3N2O2S/c1-11-5-6-13(15(16,17)18)8-14(11)23(21,22)20-7-3-4-12(10-20)9-19-2/h5-6,8,12,19H,3-4,7,9-10H2,1-2H3. The zero-order chi connectivity index (χ0) is 17.3. The monoisotopic (exact) mass is 350 g/mol. The predicted molar refractivity (Wildman–Crippen MR) is 81.6 cm³/mol. The highest BCUT2D eigenvalue weighted by Crippen LogP contribution is 2.33. The summed E-state index contributed by atoms with van der Waals surface area (Å²) in [7, 11) is -2.13. The fourth-order valence-electron chi connectivity index (χ4n) is 2.89. The molecule has 1 saturated heterocycles. The molecule has 2 rings (SSSR count). The molecular weight excluding hydrogens is 329 g/mol. The van der Waals surface area contributed by atoms with Gasteiger partial charge in [0.15, 0.2) is 0 Å². The maximum absolute atomic E-state index is 12.9. The van der Waals surface area contributed by atoms with Gasteiger partial charge < -0.3 is 5.32 Å². The van der Waals surface area contributed by atoms with Crippen molar-refractivity contribution in [1.29, 1.82) is 0 Å². The molecule has 1 N–H and O–H groups in total. The molecule has 1 aromatic carbocycles. The van der Waals surface area contributed by atoms with Gasteiger partial charge in [-0.3, -0.25) is 0 Å². The predicted octanol–water partition coefficient (Wildman–Crippen LogP) is 2.63. The van der Waals surface area contributed by atoms with E-state index in [1.165, 1.54) is 17.3 Å². The molecule has 1 aromatic rings. The van der Waals surface area contributed by atoms with E-state index in [2.05, 4.69) is 5.32 Å². The van der Waals surface area contributed by atoms with E-state index in [1.54, 1.807) is 7.05 Å². The Bertz CT molecular complexity index is 657. The highest BCUT2D eigenvalue weighted by Gasteiger charge is 2.35. The van der Waals surface area contributed by atoms with Crippen molar-refractivity contribution in [3.05, 3.63) is 29.3 Å². The van der Waals surface area contributed by atoms with Gasteiger partial charge in [-0.25, -0.2) is 8.42 Å². The Morgan fingerprint density at radius 1 is 1.35 bits per heavy atom. The molecule has 0 aromatic heterocycles. The average molecular weight is 350 g/mol. The molecule has 0 amide bonds. The largest absolute Gasteiger partial charge is 0.416 e. The zero-order valence-electron chi connectivity index (χ0n) is 13.2. The molecule has 130 valence electrons. The lowest BCUT2D eigenvalue weighted by molar-refractivity contribution is -0.137. The van der Waals surface area contributed by atoms with Crippen molar-refractivity contribution >= 4 is 10.0 Å². The van der Waals surface area contributed by atoms with E-state index in [9.17, 15) is 21.6 Å². The summed E-state index contributed by atoms with van der Waals surface area (Å²) in [6.07, 6.45) is -2.94. The molecule has 1 unspecified atom stereocenters. The number of nitrogens with one attached hydrogen (secondary N) is 1. The molecule has 23 heavy (non-hydrogen) atoms. The van der Waals surface area contributed by atoms with Crippen LogP contribution in [0.15, 0.2) is 23.1 Å². The van der Waals surface area contributed by atoms with Gasteiger partial charge in [0.1, 0.15) is 0 Å². The first-order valence-corrected chi connectivity index (χ1v) is 8.93. The van der Waals surface area contributed by atoms with E-state index in [0.717, 1.165) is 18.6 Å². The molecule has 0 bridgehead atoms. The molecule has 1 fully saturated rings. The quantitative estimate of drug-likeness (QED) is 0.908. The second-order valence-corrected chi connectivity index (χ2v) is 7.81. The summed E-state index contributed by atoms with van der Waals surface area (Å²) in [5, 5.41) is 3.02. The van der Waals surface area contributed by atoms with Crippen molar-refractivity contribution in [3.63, 3.8) is 0 Å². The molecule has 1 heterocycles. The van der Waals surface area contributed by atoms with Gasteiger partial charge in [-0.05, 0) is 57.0 Å². The van der Waals surface area contributed by atoms with Crippen LogP contribution in [-0.2, 0) is 16.2 Å². The summed E-state index contributed by atoms with van der Waals surface area (Å²) in [6, 6.07) is 2.87. The number of sulfonamides is 1. The van der Waals surface area contributed by atoms with Crippen LogP contribution in [0.5, 0.6) is 0 Å². The maximum atomic E-state index is 12.9. The van der Waals surface area contributed by atoms with Crippen molar-refractivity contribution in [1.82, 2.24) is 9.62 Å². The van der Waals surface area contributed by atoms with Crippen molar-refractivity contribution in [2.45, 2.75) is 30.8 Å². The number of hydrogen-bond donors (Lipinski definition) is 1. The third-order valence-electron chi connectivity index (χ3n) is 4.11. The van der Waals surface area contributed by atoms with E-state index < -0.39 is 21.8 Å². The smallest absolute Gasteiger partial charge is 0.319 e. The summed E-state index contributed by atoms with van der Waals surface area (Å²) in [4.78, 5) is -0.252. The Labute approximate surface area is 134 Å². The first kappa shape index (κ1) is 18.2. The minimum atomic E-state index is -4.56. The van der Waals surface area contributed by atoms with Crippen LogP contribution < -0.4 is 5.32 Å². The second-order valence-electron chi connectivity index (χ2n) is 5.91. The van der Waals surface area contributed by atoms with Gasteiger partial charge in [-0.15, -0.1) is 0 Å². The molecule has 1 atom stereocenters. The number of piperidine rings is 1. The highest BCUT2D eigenvalue weighted by atomic mass is 32.2. The van der Waals surface area contributed by atoms with Crippen molar-refractivity contribution < 1.29 is 21.6 Å². The summed E-state index contributed by atoms with van der Waals surface area (Å²) in [5.74, 6) is 0.176. The van der Waals surface area contributed by atoms with Crippen LogP contribution in [0.3, 0.4) is 0 Å². The van der Waals surface area contributed by atoms with Crippen LogP contribution in [0.4, 0.5) is 13.2 Å². The lowest BCUT2D eigenvalue weighted by Gasteiger charge is -2.32. The average Bonchev–Trinajstić information content (AvgIpc) is 2.47. The summed E-state index contributed by atoms with van der Waals surface area (Å²) < 4.78 is 65.5. The molecule has 4 nitrogen and oxygen atoms in total. The van der Waals surface area contributed by atoms with Crippen LogP contribution >= 0.6 is 0 Å². The van der Waals surface area contributed by atoms with Gasteiger partial charge in [0, 0.05) is 13.1 Å². The first-order valence-electron chi connectivity index (χ1n) is 7.49. The molecule has 0 radical (unpaired) electrons. The third-order valence-corrected chi connectivity index (χ3v) is 6.11. The Morgan fingerprint density at radius 3 is 2.65 bits per heavy atom. The van der Waals surface area contributed by atoms with E-state index in [1.807, 2.05) is 0 Å². The molecule has 0 aliphatic carbocycles. The van der Waals surface area contributed by atoms with Crippen LogP contribution in [0, 0.1) is 12.8 Å². The first-order chi connectivity index (χ1) is 10.7. The topological polar surface area (TPSA) is 49.4 Å². The molecule has 1 aliphatic heterocycles. The molecular formula is C15H21F3N2O2S. The van der Waals surface area contributed by atoms with Gasteiger partial charge in [0.05, 0.1) is 10.5 Å². The fraction of sp³-hybridized carbons (Fsp3) is 0.600. The zero-order valence-corrected chi connectivity index (χ0v) is 14.0. The molecule has 1 aliphatic rings. The van der Waals surface area contributed by atoms with Crippen LogP contribution in [0.25, 0.3) is 0 Å².